The summed E-state index contributed by atoms with van der Waals surface area (Å²) in [6.07, 6.45) is 1.88. The molecule has 4 rings (SSSR count). The Bertz CT molecular complexity index is 1310. The van der Waals surface area contributed by atoms with E-state index in [0.29, 0.717) is 28.7 Å². The van der Waals surface area contributed by atoms with Gasteiger partial charge in [0.2, 0.25) is 0 Å². The van der Waals surface area contributed by atoms with Crippen molar-refractivity contribution in [2.45, 2.75) is 13.3 Å². The molecule has 0 spiro atoms. The van der Waals surface area contributed by atoms with Gasteiger partial charge in [-0.2, -0.15) is 5.26 Å². The van der Waals surface area contributed by atoms with Crippen molar-refractivity contribution in [3.8, 4) is 17.2 Å². The minimum Gasteiger partial charge on any atom is -0.361 e. The molecule has 0 aliphatic carbocycles. The smallest absolute Gasteiger partial charge is 0.260 e. The standard InChI is InChI=1S/C26H19N3O3/c1-16(30)20-4-2-3-5-21(20)18-8-11-22-23(14-18)24(26(32)29-25(22)31)15-28-19-9-6-17(7-10-19)12-13-27/h2-11,14-15,28H,12H2,1H3,(H,29,31,32)/b24-15-. The predicted octanol–water partition coefficient (Wildman–Crippen LogP) is 4.35. The van der Waals surface area contributed by atoms with Crippen molar-refractivity contribution >= 4 is 28.9 Å². The molecular weight excluding hydrogens is 402 g/mol. The minimum atomic E-state index is -0.506. The number of nitrogens with one attached hydrogen (secondary N) is 2. The highest BCUT2D eigenvalue weighted by atomic mass is 16.2. The molecule has 1 aliphatic heterocycles. The van der Waals surface area contributed by atoms with Crippen LogP contribution in [-0.4, -0.2) is 17.6 Å². The Morgan fingerprint density at radius 2 is 1.72 bits per heavy atom. The van der Waals surface area contributed by atoms with Crippen molar-refractivity contribution in [3.63, 3.8) is 0 Å². The molecule has 1 aliphatic rings. The minimum absolute atomic E-state index is 0.0654. The van der Waals surface area contributed by atoms with Crippen LogP contribution in [0.4, 0.5) is 5.69 Å². The quantitative estimate of drug-likeness (QED) is 0.363. The molecule has 6 heteroatoms. The molecule has 0 unspecified atom stereocenters. The van der Waals surface area contributed by atoms with E-state index in [0.717, 1.165) is 22.4 Å². The Balaban J connectivity index is 1.74. The van der Waals surface area contributed by atoms with Crippen molar-refractivity contribution in [2.75, 3.05) is 5.32 Å². The number of nitrogens with zero attached hydrogens (tertiary/aromatic N) is 1. The van der Waals surface area contributed by atoms with Gasteiger partial charge in [-0.25, -0.2) is 0 Å². The maximum Gasteiger partial charge on any atom is 0.260 e. The highest BCUT2D eigenvalue weighted by Gasteiger charge is 2.28. The van der Waals surface area contributed by atoms with Gasteiger partial charge >= 0.3 is 0 Å². The molecule has 0 saturated heterocycles. The Labute approximate surface area is 185 Å². The number of hydrogen-bond acceptors (Lipinski definition) is 5. The van der Waals surface area contributed by atoms with Crippen molar-refractivity contribution in [3.05, 3.63) is 95.2 Å². The van der Waals surface area contributed by atoms with E-state index >= 15 is 0 Å². The predicted molar refractivity (Wildman–Crippen MR) is 122 cm³/mol. The molecule has 0 atom stereocenters. The van der Waals surface area contributed by atoms with Crippen LogP contribution >= 0.6 is 0 Å². The zero-order valence-corrected chi connectivity index (χ0v) is 17.3. The first-order valence-electron chi connectivity index (χ1n) is 10.0. The maximum absolute atomic E-state index is 12.6. The van der Waals surface area contributed by atoms with E-state index in [2.05, 4.69) is 16.7 Å². The summed E-state index contributed by atoms with van der Waals surface area (Å²) in [7, 11) is 0. The van der Waals surface area contributed by atoms with Gasteiger partial charge in [0.05, 0.1) is 18.1 Å². The summed E-state index contributed by atoms with van der Waals surface area (Å²) < 4.78 is 0. The van der Waals surface area contributed by atoms with Crippen molar-refractivity contribution in [1.82, 2.24) is 5.32 Å². The van der Waals surface area contributed by atoms with Gasteiger partial charge in [0.1, 0.15) is 0 Å². The van der Waals surface area contributed by atoms with E-state index in [1.807, 2.05) is 36.4 Å². The first kappa shape index (κ1) is 20.8. The summed E-state index contributed by atoms with van der Waals surface area (Å²) in [6.45, 7) is 1.51. The molecule has 6 nitrogen and oxygen atoms in total. The molecule has 3 aromatic rings. The number of Topliss-reactive ketones (excluding diaryl/α,β-unsaturated/α-hetero) is 1. The lowest BCUT2D eigenvalue weighted by Gasteiger charge is -2.20. The van der Waals surface area contributed by atoms with Gasteiger partial charge in [0.25, 0.3) is 11.8 Å². The SMILES string of the molecule is CC(=O)c1ccccc1-c1ccc2c(c1)/C(=C/Nc1ccc(CC#N)cc1)C(=O)NC2=O. The molecule has 1 heterocycles. The highest BCUT2D eigenvalue weighted by molar-refractivity contribution is 6.31. The van der Waals surface area contributed by atoms with Crippen molar-refractivity contribution in [2.24, 2.45) is 0 Å². The fourth-order valence-electron chi connectivity index (χ4n) is 3.64. The topological polar surface area (TPSA) is 99.1 Å². The van der Waals surface area contributed by atoms with E-state index < -0.39 is 11.8 Å². The molecule has 0 bridgehead atoms. The molecule has 2 N–H and O–H groups in total. The maximum atomic E-state index is 12.6. The largest absolute Gasteiger partial charge is 0.361 e. The number of hydrogen-bond donors (Lipinski definition) is 2. The number of rotatable bonds is 5. The summed E-state index contributed by atoms with van der Waals surface area (Å²) in [5, 5.41) is 14.2. The van der Waals surface area contributed by atoms with Crippen LogP contribution in [0.25, 0.3) is 16.7 Å². The van der Waals surface area contributed by atoms with Crippen molar-refractivity contribution < 1.29 is 14.4 Å². The van der Waals surface area contributed by atoms with Gasteiger partial charge in [0.15, 0.2) is 5.78 Å². The molecule has 2 amide bonds. The van der Waals surface area contributed by atoms with Crippen LogP contribution in [-0.2, 0) is 11.2 Å². The third kappa shape index (κ3) is 4.05. The third-order valence-corrected chi connectivity index (χ3v) is 5.26. The number of carbonyl (C=O) groups excluding carboxylic acids is 3. The second kappa shape index (κ2) is 8.70. The summed E-state index contributed by atoms with van der Waals surface area (Å²) >= 11 is 0. The lowest BCUT2D eigenvalue weighted by molar-refractivity contribution is -0.114. The second-order valence-corrected chi connectivity index (χ2v) is 7.38. The van der Waals surface area contributed by atoms with Crippen LogP contribution in [0.5, 0.6) is 0 Å². The van der Waals surface area contributed by atoms with Crippen LogP contribution in [0.2, 0.25) is 0 Å². The first-order valence-corrected chi connectivity index (χ1v) is 10.0. The molecule has 3 aromatic carbocycles. The Morgan fingerprint density at radius 1 is 0.969 bits per heavy atom. The van der Waals surface area contributed by atoms with Crippen LogP contribution in [0.3, 0.4) is 0 Å². The van der Waals surface area contributed by atoms with Crippen molar-refractivity contribution in [1.29, 1.82) is 5.26 Å². The fraction of sp³-hybridized carbons (Fsp3) is 0.0769. The molecule has 0 aromatic heterocycles. The number of imide groups is 1. The Kier molecular flexibility index (Phi) is 5.65. The number of anilines is 1. The molecule has 0 saturated carbocycles. The van der Waals surface area contributed by atoms with Crippen LogP contribution in [0.15, 0.2) is 72.9 Å². The molecular formula is C26H19N3O3. The number of fused-ring (bicyclic) bond motifs is 1. The summed E-state index contributed by atoms with van der Waals surface area (Å²) in [5.74, 6) is -1.04. The number of amides is 2. The van der Waals surface area contributed by atoms with Gasteiger partial charge in [0, 0.05) is 28.6 Å². The number of benzene rings is 3. The molecule has 0 radical (unpaired) electrons. The monoisotopic (exact) mass is 421 g/mol. The lowest BCUT2D eigenvalue weighted by atomic mass is 9.89. The number of nitriles is 1. The Hall–Kier alpha value is -4.50. The molecule has 156 valence electrons. The average molecular weight is 421 g/mol. The molecule has 0 fully saturated rings. The van der Waals surface area contributed by atoms with Gasteiger partial charge < -0.3 is 5.32 Å². The van der Waals surface area contributed by atoms with Crippen LogP contribution in [0.1, 0.15) is 38.8 Å². The van der Waals surface area contributed by atoms with Gasteiger partial charge in [-0.3, -0.25) is 19.7 Å². The van der Waals surface area contributed by atoms with E-state index in [9.17, 15) is 14.4 Å². The van der Waals surface area contributed by atoms with Crippen LogP contribution < -0.4 is 10.6 Å². The van der Waals surface area contributed by atoms with E-state index in [1.165, 1.54) is 6.92 Å². The summed E-state index contributed by atoms with van der Waals surface area (Å²) in [6, 6.07) is 21.8. The third-order valence-electron chi connectivity index (χ3n) is 5.26. The van der Waals surface area contributed by atoms with E-state index in [-0.39, 0.29) is 5.78 Å². The Morgan fingerprint density at radius 3 is 2.44 bits per heavy atom. The van der Waals surface area contributed by atoms with E-state index in [1.54, 1.807) is 36.5 Å². The number of ketones is 1. The lowest BCUT2D eigenvalue weighted by Crippen LogP contribution is -2.36. The first-order chi connectivity index (χ1) is 15.5. The zero-order chi connectivity index (χ0) is 22.7. The highest BCUT2D eigenvalue weighted by Crippen LogP contribution is 2.31. The van der Waals surface area contributed by atoms with Gasteiger partial charge in [-0.05, 0) is 47.9 Å². The second-order valence-electron chi connectivity index (χ2n) is 7.38. The summed E-state index contributed by atoms with van der Waals surface area (Å²) in [5.41, 5.74) is 4.86. The summed E-state index contributed by atoms with van der Waals surface area (Å²) in [4.78, 5) is 37.1. The fourth-order valence-corrected chi connectivity index (χ4v) is 3.64. The number of carbonyl (C=O) groups is 3. The van der Waals surface area contributed by atoms with Crippen LogP contribution in [0, 0.1) is 11.3 Å². The average Bonchev–Trinajstić information content (AvgIpc) is 2.80. The normalized spacial score (nSPS) is 13.8. The zero-order valence-electron chi connectivity index (χ0n) is 17.3. The van der Waals surface area contributed by atoms with Gasteiger partial charge in [-0.15, -0.1) is 0 Å². The molecule has 32 heavy (non-hydrogen) atoms. The van der Waals surface area contributed by atoms with E-state index in [4.69, 9.17) is 5.26 Å². The van der Waals surface area contributed by atoms with Gasteiger partial charge in [-0.1, -0.05) is 42.5 Å².